The van der Waals surface area contributed by atoms with Gasteiger partial charge in [0.25, 0.3) is 5.92 Å². The number of halogens is 2. The Bertz CT molecular complexity index is 274. The van der Waals surface area contributed by atoms with Crippen molar-refractivity contribution in [2.24, 2.45) is 0 Å². The molecule has 0 spiro atoms. The van der Waals surface area contributed by atoms with Crippen LogP contribution in [0.4, 0.5) is 13.6 Å². The van der Waals surface area contributed by atoms with Gasteiger partial charge in [0.2, 0.25) is 0 Å². The Kier molecular flexibility index (Phi) is 3.45. The molecule has 1 atom stereocenters. The molecule has 3 nitrogen and oxygen atoms in total. The summed E-state index contributed by atoms with van der Waals surface area (Å²) in [5.41, 5.74) is -0.587. The molecule has 16 heavy (non-hydrogen) atoms. The first kappa shape index (κ1) is 13.2. The smallest absolute Gasteiger partial charge is 0.410 e. The monoisotopic (exact) mass is 235 g/mol. The second kappa shape index (κ2) is 4.18. The Balaban J connectivity index is 2.59. The van der Waals surface area contributed by atoms with E-state index >= 15 is 0 Å². The van der Waals surface area contributed by atoms with Gasteiger partial charge in [-0.1, -0.05) is 0 Å². The number of hydrogen-bond donors (Lipinski definition) is 0. The quantitative estimate of drug-likeness (QED) is 0.646. The van der Waals surface area contributed by atoms with Gasteiger partial charge in [-0.3, -0.25) is 0 Å². The lowest BCUT2D eigenvalue weighted by atomic mass is 10.0. The summed E-state index contributed by atoms with van der Waals surface area (Å²) in [7, 11) is 0. The van der Waals surface area contributed by atoms with Crippen molar-refractivity contribution in [2.75, 3.05) is 6.54 Å². The number of carbonyl (C=O) groups is 1. The molecule has 0 bridgehead atoms. The third-order valence-corrected chi connectivity index (χ3v) is 2.47. The van der Waals surface area contributed by atoms with Gasteiger partial charge in [-0.2, -0.15) is 0 Å². The van der Waals surface area contributed by atoms with Crippen LogP contribution in [0.2, 0.25) is 0 Å². The summed E-state index contributed by atoms with van der Waals surface area (Å²) in [5, 5.41) is 0. The number of rotatable bonds is 0. The van der Waals surface area contributed by atoms with Crippen LogP contribution in [0.1, 0.15) is 40.5 Å². The summed E-state index contributed by atoms with van der Waals surface area (Å²) in [6.07, 6.45) is -1.07. The first-order chi connectivity index (χ1) is 7.11. The second-order valence-corrected chi connectivity index (χ2v) is 5.33. The van der Waals surface area contributed by atoms with E-state index < -0.39 is 23.7 Å². The van der Waals surface area contributed by atoms with Crippen LogP contribution in [-0.2, 0) is 4.74 Å². The number of hydrogen-bond acceptors (Lipinski definition) is 2. The minimum Gasteiger partial charge on any atom is -0.444 e. The number of nitrogens with zero attached hydrogens (tertiary/aromatic N) is 1. The summed E-state index contributed by atoms with van der Waals surface area (Å²) in [4.78, 5) is 13.1. The zero-order valence-electron chi connectivity index (χ0n) is 10.2. The fourth-order valence-electron chi connectivity index (χ4n) is 1.74. The van der Waals surface area contributed by atoms with Crippen molar-refractivity contribution in [1.29, 1.82) is 0 Å². The highest BCUT2D eigenvalue weighted by Crippen LogP contribution is 2.32. The zero-order chi connectivity index (χ0) is 12.6. The topological polar surface area (TPSA) is 29.5 Å². The fourth-order valence-corrected chi connectivity index (χ4v) is 1.74. The molecule has 1 aliphatic rings. The molecule has 0 radical (unpaired) electrons. The zero-order valence-corrected chi connectivity index (χ0v) is 10.2. The Morgan fingerprint density at radius 1 is 1.44 bits per heavy atom. The van der Waals surface area contributed by atoms with Crippen LogP contribution in [0.15, 0.2) is 0 Å². The van der Waals surface area contributed by atoms with E-state index in [0.29, 0.717) is 0 Å². The maximum absolute atomic E-state index is 13.1. The standard InChI is InChI=1S/C11H19F2NO2/c1-8-7-11(12,13)5-6-14(8)9(15)16-10(2,3)4/h8H,5-7H2,1-4H3. The molecule has 1 heterocycles. The van der Waals surface area contributed by atoms with E-state index in [-0.39, 0.29) is 19.4 Å². The second-order valence-electron chi connectivity index (χ2n) is 5.33. The Morgan fingerprint density at radius 2 is 2.00 bits per heavy atom. The number of piperidine rings is 1. The number of carbonyl (C=O) groups excluding carboxylic acids is 1. The fraction of sp³-hybridized carbons (Fsp3) is 0.909. The molecule has 1 amide bonds. The lowest BCUT2D eigenvalue weighted by molar-refractivity contribution is -0.0764. The molecular weight excluding hydrogens is 216 g/mol. The van der Waals surface area contributed by atoms with E-state index in [9.17, 15) is 13.6 Å². The van der Waals surface area contributed by atoms with E-state index in [1.807, 2.05) is 0 Å². The molecule has 0 aromatic heterocycles. The van der Waals surface area contributed by atoms with Crippen molar-refractivity contribution in [1.82, 2.24) is 4.90 Å². The van der Waals surface area contributed by atoms with E-state index in [4.69, 9.17) is 4.74 Å². The molecule has 0 aliphatic carbocycles. The Hall–Kier alpha value is -0.870. The van der Waals surface area contributed by atoms with Gasteiger partial charge in [-0.15, -0.1) is 0 Å². The van der Waals surface area contributed by atoms with Gasteiger partial charge >= 0.3 is 6.09 Å². The molecule has 0 N–H and O–H groups in total. The lowest BCUT2D eigenvalue weighted by Crippen LogP contribution is -2.49. The normalized spacial score (nSPS) is 25.4. The van der Waals surface area contributed by atoms with Gasteiger partial charge in [0.05, 0.1) is 0 Å². The molecule has 0 saturated carbocycles. The average Bonchev–Trinajstić information content (AvgIpc) is 1.97. The number of alkyl halides is 2. The molecule has 1 aliphatic heterocycles. The van der Waals surface area contributed by atoms with Gasteiger partial charge in [-0.25, -0.2) is 13.6 Å². The minimum absolute atomic E-state index is 0.0586. The van der Waals surface area contributed by atoms with Crippen molar-refractivity contribution >= 4 is 6.09 Å². The molecule has 0 aromatic rings. The summed E-state index contributed by atoms with van der Waals surface area (Å²) < 4.78 is 31.3. The summed E-state index contributed by atoms with van der Waals surface area (Å²) in [6, 6.07) is -0.474. The van der Waals surface area contributed by atoms with Crippen LogP contribution in [-0.4, -0.2) is 35.1 Å². The van der Waals surface area contributed by atoms with Crippen LogP contribution in [0, 0.1) is 0 Å². The minimum atomic E-state index is -2.65. The van der Waals surface area contributed by atoms with Crippen molar-refractivity contribution in [2.45, 2.75) is 58.1 Å². The van der Waals surface area contributed by atoms with Gasteiger partial charge in [-0.05, 0) is 27.7 Å². The lowest BCUT2D eigenvalue weighted by Gasteiger charge is -2.38. The molecule has 0 aromatic carbocycles. The van der Waals surface area contributed by atoms with Crippen molar-refractivity contribution < 1.29 is 18.3 Å². The van der Waals surface area contributed by atoms with E-state index in [0.717, 1.165) is 0 Å². The van der Waals surface area contributed by atoms with Gasteiger partial charge in [0, 0.05) is 25.4 Å². The van der Waals surface area contributed by atoms with Crippen molar-refractivity contribution in [3.05, 3.63) is 0 Å². The van der Waals surface area contributed by atoms with Crippen LogP contribution < -0.4 is 0 Å². The highest BCUT2D eigenvalue weighted by Gasteiger charge is 2.41. The Labute approximate surface area is 94.7 Å². The van der Waals surface area contributed by atoms with E-state index in [1.165, 1.54) is 4.90 Å². The van der Waals surface area contributed by atoms with Gasteiger partial charge in [0.15, 0.2) is 0 Å². The summed E-state index contributed by atoms with van der Waals surface area (Å²) >= 11 is 0. The van der Waals surface area contributed by atoms with E-state index in [2.05, 4.69) is 0 Å². The highest BCUT2D eigenvalue weighted by molar-refractivity contribution is 5.68. The van der Waals surface area contributed by atoms with Crippen LogP contribution in [0.25, 0.3) is 0 Å². The maximum Gasteiger partial charge on any atom is 0.410 e. The van der Waals surface area contributed by atoms with Crippen molar-refractivity contribution in [3.63, 3.8) is 0 Å². The first-order valence-corrected chi connectivity index (χ1v) is 5.48. The molecule has 94 valence electrons. The van der Waals surface area contributed by atoms with Crippen LogP contribution in [0.3, 0.4) is 0 Å². The first-order valence-electron chi connectivity index (χ1n) is 5.48. The molecule has 1 rings (SSSR count). The van der Waals surface area contributed by atoms with Crippen LogP contribution in [0.5, 0.6) is 0 Å². The van der Waals surface area contributed by atoms with Gasteiger partial charge < -0.3 is 9.64 Å². The predicted octanol–water partition coefficient (Wildman–Crippen LogP) is 3.04. The van der Waals surface area contributed by atoms with E-state index in [1.54, 1.807) is 27.7 Å². The molecule has 1 fully saturated rings. The summed E-state index contributed by atoms with van der Waals surface area (Å²) in [5.74, 6) is -2.65. The van der Waals surface area contributed by atoms with Crippen molar-refractivity contribution in [3.8, 4) is 0 Å². The molecule has 1 unspecified atom stereocenters. The summed E-state index contributed by atoms with van der Waals surface area (Å²) in [6.45, 7) is 6.95. The largest absolute Gasteiger partial charge is 0.444 e. The van der Waals surface area contributed by atoms with Crippen LogP contribution >= 0.6 is 0 Å². The Morgan fingerprint density at radius 3 is 2.44 bits per heavy atom. The van der Waals surface area contributed by atoms with Gasteiger partial charge in [0.1, 0.15) is 5.60 Å². The third-order valence-electron chi connectivity index (χ3n) is 2.47. The number of amides is 1. The predicted molar refractivity (Wildman–Crippen MR) is 56.6 cm³/mol. The number of likely N-dealkylation sites (tertiary alicyclic amines) is 1. The third kappa shape index (κ3) is 3.61. The molecular formula is C11H19F2NO2. The SMILES string of the molecule is CC1CC(F)(F)CCN1C(=O)OC(C)(C)C. The number of ether oxygens (including phenoxy) is 1. The average molecular weight is 235 g/mol. The maximum atomic E-state index is 13.1. The highest BCUT2D eigenvalue weighted by atomic mass is 19.3. The molecule has 5 heteroatoms. The molecule has 1 saturated heterocycles.